The summed E-state index contributed by atoms with van der Waals surface area (Å²) < 4.78 is 20.2. The van der Waals surface area contributed by atoms with Crippen molar-refractivity contribution < 1.29 is 18.7 Å². The Bertz CT molecular complexity index is 1600. The van der Waals surface area contributed by atoms with Gasteiger partial charge in [0.05, 0.1) is 0 Å². The molecule has 5 heteroatoms. The highest BCUT2D eigenvalue weighted by Gasteiger charge is 2.30. The zero-order chi connectivity index (χ0) is 31.7. The minimum Gasteiger partial charge on any atom is -0.507 e. The summed E-state index contributed by atoms with van der Waals surface area (Å²) in [7, 11) is -1.94. The Hall–Kier alpha value is -3.49. The number of hydrogen-bond acceptors (Lipinski definition) is 4. The maximum absolute atomic E-state index is 11.8. The lowest BCUT2D eigenvalue weighted by molar-refractivity contribution is 0.383. The number of rotatable bonds is 9. The zero-order valence-electron chi connectivity index (χ0n) is 27.9. The number of aryl methyl sites for hydroxylation is 6. The molecular weight excluding hydrogens is 551 g/mol. The number of hydrogen-bond donors (Lipinski definition) is 1. The highest BCUT2D eigenvalue weighted by Crippen LogP contribution is 2.53. The molecule has 0 unspecified atom stereocenters. The van der Waals surface area contributed by atoms with Crippen LogP contribution in [0, 0.1) is 55.4 Å². The average molecular weight is 599 g/mol. The summed E-state index contributed by atoms with van der Waals surface area (Å²) >= 11 is 0. The fourth-order valence-corrected chi connectivity index (χ4v) is 6.71. The second-order valence-electron chi connectivity index (χ2n) is 12.6. The van der Waals surface area contributed by atoms with Crippen molar-refractivity contribution >= 4 is 8.60 Å². The maximum atomic E-state index is 11.8. The van der Waals surface area contributed by atoms with Crippen LogP contribution < -0.4 is 13.6 Å². The van der Waals surface area contributed by atoms with Crippen molar-refractivity contribution in [3.63, 3.8) is 0 Å². The molecule has 0 aliphatic heterocycles. The first-order chi connectivity index (χ1) is 20.2. The van der Waals surface area contributed by atoms with Gasteiger partial charge < -0.3 is 18.7 Å². The molecule has 4 aromatic rings. The van der Waals surface area contributed by atoms with Crippen LogP contribution in [0.1, 0.15) is 95.2 Å². The number of phenolic OH excluding ortho intramolecular Hbond substituents is 1. The number of benzene rings is 4. The highest BCUT2D eigenvalue weighted by molar-refractivity contribution is 7.43. The van der Waals surface area contributed by atoms with E-state index in [4.69, 9.17) is 13.6 Å². The Kier molecular flexibility index (Phi) is 9.82. The van der Waals surface area contributed by atoms with Gasteiger partial charge in [0, 0.05) is 11.1 Å². The smallest absolute Gasteiger partial charge is 0.507 e. The van der Waals surface area contributed by atoms with E-state index in [1.807, 2.05) is 38.1 Å². The first kappa shape index (κ1) is 32.4. The monoisotopic (exact) mass is 598 g/mol. The van der Waals surface area contributed by atoms with Crippen molar-refractivity contribution in [2.24, 2.45) is 0 Å². The molecule has 0 radical (unpaired) electrons. The van der Waals surface area contributed by atoms with Gasteiger partial charge in [0.2, 0.25) is 0 Å². The average Bonchev–Trinajstić information content (AvgIpc) is 2.92. The molecule has 1 N–H and O–H groups in total. The predicted molar refractivity (Wildman–Crippen MR) is 181 cm³/mol. The van der Waals surface area contributed by atoms with E-state index in [-0.39, 0.29) is 11.8 Å². The van der Waals surface area contributed by atoms with Crippen molar-refractivity contribution in [1.82, 2.24) is 0 Å². The van der Waals surface area contributed by atoms with Gasteiger partial charge in [0.1, 0.15) is 23.0 Å². The van der Waals surface area contributed by atoms with Crippen LogP contribution in [0.5, 0.6) is 23.0 Å². The normalized spacial score (nSPS) is 11.5. The molecule has 0 bridgehead atoms. The first-order valence-corrected chi connectivity index (χ1v) is 16.2. The SMILES string of the molecule is Cc1ccc(OP(Oc2ccc(C)cc2C)Oc2c(C(C)C)cc(C)c(C)c2-c2c(C)c(C)cc(C(C)C)c2O)c(C)c1. The molecule has 0 saturated heterocycles. The van der Waals surface area contributed by atoms with Gasteiger partial charge in [-0.1, -0.05) is 75.2 Å². The lowest BCUT2D eigenvalue weighted by Crippen LogP contribution is -2.09. The molecule has 0 aromatic heterocycles. The quantitative estimate of drug-likeness (QED) is 0.195. The fraction of sp³-hybridized carbons (Fsp3) is 0.368. The van der Waals surface area contributed by atoms with Gasteiger partial charge in [0.15, 0.2) is 0 Å². The summed E-state index contributed by atoms with van der Waals surface area (Å²) in [5.41, 5.74) is 12.4. The second kappa shape index (κ2) is 13.0. The van der Waals surface area contributed by atoms with Crippen LogP contribution in [0.4, 0.5) is 0 Å². The molecule has 4 nitrogen and oxygen atoms in total. The van der Waals surface area contributed by atoms with Gasteiger partial charge in [-0.2, -0.15) is 0 Å². The Morgan fingerprint density at radius 3 is 1.42 bits per heavy atom. The van der Waals surface area contributed by atoms with Crippen molar-refractivity contribution in [1.29, 1.82) is 0 Å². The molecule has 0 atom stereocenters. The van der Waals surface area contributed by atoms with E-state index in [1.54, 1.807) is 0 Å². The van der Waals surface area contributed by atoms with Crippen molar-refractivity contribution in [3.8, 4) is 34.1 Å². The Morgan fingerprint density at radius 2 is 0.977 bits per heavy atom. The standard InChI is InChI=1S/C38H47O4P/c1-21(2)31-19-25(7)29(11)35(37(31)39)36-30(12)26(8)20-32(22(3)4)38(36)42-43(40-33-15-13-23(5)17-27(33)9)41-34-16-14-24(6)18-28(34)10/h13-22,39H,1-12H3. The molecule has 0 fully saturated rings. The minimum atomic E-state index is -1.94. The summed E-state index contributed by atoms with van der Waals surface area (Å²) in [4.78, 5) is 0. The van der Waals surface area contributed by atoms with E-state index in [0.717, 1.165) is 78.3 Å². The number of phenols is 1. The zero-order valence-corrected chi connectivity index (χ0v) is 28.8. The first-order valence-electron chi connectivity index (χ1n) is 15.2. The van der Waals surface area contributed by atoms with E-state index in [1.165, 1.54) is 0 Å². The van der Waals surface area contributed by atoms with Crippen LogP contribution in [0.25, 0.3) is 11.1 Å². The predicted octanol–water partition coefficient (Wildman–Crippen LogP) is 11.5. The van der Waals surface area contributed by atoms with E-state index in [0.29, 0.717) is 11.5 Å². The van der Waals surface area contributed by atoms with Gasteiger partial charge in [-0.25, -0.2) is 0 Å². The van der Waals surface area contributed by atoms with E-state index in [9.17, 15) is 5.11 Å². The van der Waals surface area contributed by atoms with Crippen molar-refractivity contribution in [2.75, 3.05) is 0 Å². The third-order valence-electron chi connectivity index (χ3n) is 8.34. The van der Waals surface area contributed by atoms with Crippen molar-refractivity contribution in [3.05, 3.63) is 104 Å². The van der Waals surface area contributed by atoms with Crippen LogP contribution in [0.3, 0.4) is 0 Å². The van der Waals surface area contributed by atoms with Crippen LogP contribution >= 0.6 is 8.60 Å². The second-order valence-corrected chi connectivity index (χ2v) is 13.6. The third kappa shape index (κ3) is 6.86. The Labute approximate surface area is 260 Å². The molecule has 0 spiro atoms. The van der Waals surface area contributed by atoms with Crippen LogP contribution in [-0.2, 0) is 0 Å². The summed E-state index contributed by atoms with van der Waals surface area (Å²) in [5.74, 6) is 2.75. The third-order valence-corrected chi connectivity index (χ3v) is 9.37. The van der Waals surface area contributed by atoms with Gasteiger partial charge in [-0.15, -0.1) is 0 Å². The van der Waals surface area contributed by atoms with Gasteiger partial charge in [-0.05, 0) is 124 Å². The summed E-state index contributed by atoms with van der Waals surface area (Å²) in [6, 6.07) is 16.5. The molecule has 0 saturated carbocycles. The summed E-state index contributed by atoms with van der Waals surface area (Å²) in [6.07, 6.45) is 0. The molecule has 0 heterocycles. The molecule has 0 aliphatic carbocycles. The molecule has 0 aliphatic rings. The van der Waals surface area contributed by atoms with E-state index >= 15 is 0 Å². The van der Waals surface area contributed by atoms with Crippen LogP contribution in [0.2, 0.25) is 0 Å². The Morgan fingerprint density at radius 1 is 0.535 bits per heavy atom. The fourth-order valence-electron chi connectivity index (χ4n) is 5.52. The molecule has 4 aromatic carbocycles. The van der Waals surface area contributed by atoms with Gasteiger partial charge in [0.25, 0.3) is 0 Å². The highest BCUT2D eigenvalue weighted by atomic mass is 31.2. The van der Waals surface area contributed by atoms with E-state index < -0.39 is 8.60 Å². The van der Waals surface area contributed by atoms with Crippen LogP contribution in [-0.4, -0.2) is 5.11 Å². The summed E-state index contributed by atoms with van der Waals surface area (Å²) in [6.45, 7) is 25.2. The summed E-state index contributed by atoms with van der Waals surface area (Å²) in [5, 5.41) is 11.8. The van der Waals surface area contributed by atoms with E-state index in [2.05, 4.69) is 93.5 Å². The maximum Gasteiger partial charge on any atom is 0.530 e. The molecular formula is C38H47O4P. The Balaban J connectivity index is 1.98. The van der Waals surface area contributed by atoms with Crippen LogP contribution in [0.15, 0.2) is 48.5 Å². The lowest BCUT2D eigenvalue weighted by atomic mass is 9.84. The largest absolute Gasteiger partial charge is 0.530 e. The van der Waals surface area contributed by atoms with Crippen molar-refractivity contribution in [2.45, 2.75) is 94.9 Å². The molecule has 43 heavy (non-hydrogen) atoms. The lowest BCUT2D eigenvalue weighted by Gasteiger charge is -2.27. The molecule has 4 rings (SSSR count). The topological polar surface area (TPSA) is 47.9 Å². The number of aromatic hydroxyl groups is 1. The molecule has 228 valence electrons. The van der Waals surface area contributed by atoms with Gasteiger partial charge >= 0.3 is 8.60 Å². The minimum absolute atomic E-state index is 0.156. The van der Waals surface area contributed by atoms with Gasteiger partial charge in [-0.3, -0.25) is 0 Å². The molecule has 0 amide bonds.